The molecule has 1 aromatic rings. The van der Waals surface area contributed by atoms with Gasteiger partial charge in [-0.15, -0.1) is 0 Å². The van der Waals surface area contributed by atoms with Crippen LogP contribution in [0.2, 0.25) is 5.02 Å². The van der Waals surface area contributed by atoms with E-state index in [1.54, 1.807) is 6.20 Å². The number of hydrogen-bond donors (Lipinski definition) is 2. The van der Waals surface area contributed by atoms with Gasteiger partial charge in [-0.05, 0) is 25.7 Å². The number of aryl methyl sites for hydroxylation is 1. The van der Waals surface area contributed by atoms with E-state index in [0.717, 1.165) is 12.8 Å². The highest BCUT2D eigenvalue weighted by atomic mass is 35.5. The van der Waals surface area contributed by atoms with Gasteiger partial charge in [0.1, 0.15) is 5.02 Å². The van der Waals surface area contributed by atoms with Gasteiger partial charge in [0.25, 0.3) is 5.56 Å². The fourth-order valence-electron chi connectivity index (χ4n) is 1.94. The van der Waals surface area contributed by atoms with Crippen molar-refractivity contribution in [3.05, 3.63) is 21.6 Å². The third-order valence-electron chi connectivity index (χ3n) is 3.08. The Morgan fingerprint density at radius 1 is 1.65 bits per heavy atom. The van der Waals surface area contributed by atoms with E-state index in [1.165, 1.54) is 4.68 Å². The number of rotatable bonds is 4. The lowest BCUT2D eigenvalue weighted by molar-refractivity contribution is 0.0487. The Bertz CT molecular complexity index is 455. The summed E-state index contributed by atoms with van der Waals surface area (Å²) in [5.74, 6) is 0.453. The Balaban J connectivity index is 2.01. The zero-order valence-electron chi connectivity index (χ0n) is 9.69. The second-order valence-corrected chi connectivity index (χ2v) is 4.74. The highest BCUT2D eigenvalue weighted by Gasteiger charge is 2.26. The molecular weight excluding hydrogens is 242 g/mol. The van der Waals surface area contributed by atoms with Crippen molar-refractivity contribution in [3.63, 3.8) is 0 Å². The number of hydrogen-bond acceptors (Lipinski definition) is 4. The summed E-state index contributed by atoms with van der Waals surface area (Å²) in [5.41, 5.74) is 0.301. The van der Waals surface area contributed by atoms with Crippen LogP contribution in [0.3, 0.4) is 0 Å². The third-order valence-corrected chi connectivity index (χ3v) is 3.44. The van der Waals surface area contributed by atoms with Gasteiger partial charge in [0.2, 0.25) is 0 Å². The van der Waals surface area contributed by atoms with Crippen molar-refractivity contribution in [3.8, 4) is 0 Å². The van der Waals surface area contributed by atoms with Crippen LogP contribution in [0, 0.1) is 5.92 Å². The minimum absolute atomic E-state index is 0.163. The van der Waals surface area contributed by atoms with Crippen molar-refractivity contribution >= 4 is 17.3 Å². The molecule has 2 N–H and O–H groups in total. The summed E-state index contributed by atoms with van der Waals surface area (Å²) in [5, 5.41) is 16.5. The van der Waals surface area contributed by atoms with Gasteiger partial charge in [-0.1, -0.05) is 11.6 Å². The van der Waals surface area contributed by atoms with Crippen LogP contribution in [0.25, 0.3) is 0 Å². The summed E-state index contributed by atoms with van der Waals surface area (Å²) in [6.45, 7) is 3.06. The molecule has 1 fully saturated rings. The lowest BCUT2D eigenvalue weighted by Gasteiger charge is -2.31. The van der Waals surface area contributed by atoms with Gasteiger partial charge in [-0.2, -0.15) is 5.10 Å². The molecule has 0 aromatic carbocycles. The smallest absolute Gasteiger partial charge is 0.287 e. The summed E-state index contributed by atoms with van der Waals surface area (Å²) < 4.78 is 1.32. The van der Waals surface area contributed by atoms with Gasteiger partial charge in [0.05, 0.1) is 18.0 Å². The zero-order valence-corrected chi connectivity index (χ0v) is 10.4. The Labute approximate surface area is 104 Å². The van der Waals surface area contributed by atoms with Gasteiger partial charge < -0.3 is 10.4 Å². The van der Waals surface area contributed by atoms with Crippen LogP contribution in [-0.4, -0.2) is 27.5 Å². The molecule has 6 heteroatoms. The zero-order chi connectivity index (χ0) is 12.4. The van der Waals surface area contributed by atoms with Crippen molar-refractivity contribution in [1.29, 1.82) is 0 Å². The van der Waals surface area contributed by atoms with E-state index in [4.69, 9.17) is 16.7 Å². The molecule has 1 heterocycles. The van der Waals surface area contributed by atoms with E-state index in [-0.39, 0.29) is 16.7 Å². The summed E-state index contributed by atoms with van der Waals surface area (Å²) >= 11 is 5.97. The normalized spacial score (nSPS) is 23.2. The minimum Gasteiger partial charge on any atom is -0.393 e. The number of aromatic nitrogens is 2. The summed E-state index contributed by atoms with van der Waals surface area (Å²) in [4.78, 5) is 11.7. The first-order valence-corrected chi connectivity index (χ1v) is 6.17. The van der Waals surface area contributed by atoms with E-state index in [0.29, 0.717) is 24.7 Å². The number of aliphatic hydroxyl groups excluding tert-OH is 1. The molecular formula is C11H16ClN3O2. The fraction of sp³-hybridized carbons (Fsp3) is 0.636. The SMILES string of the molecule is CCn1ncc(NCC2CC(O)C2)c(Cl)c1=O. The Kier molecular flexibility index (Phi) is 3.69. The molecule has 0 radical (unpaired) electrons. The molecule has 0 aliphatic heterocycles. The van der Waals surface area contributed by atoms with Gasteiger partial charge >= 0.3 is 0 Å². The maximum atomic E-state index is 11.7. The number of aliphatic hydroxyl groups is 1. The topological polar surface area (TPSA) is 67.2 Å². The van der Waals surface area contributed by atoms with Crippen LogP contribution in [-0.2, 0) is 6.54 Å². The molecule has 5 nitrogen and oxygen atoms in total. The minimum atomic E-state index is -0.271. The van der Waals surface area contributed by atoms with Crippen molar-refractivity contribution in [1.82, 2.24) is 9.78 Å². The highest BCUT2D eigenvalue weighted by Crippen LogP contribution is 2.27. The first kappa shape index (κ1) is 12.4. The molecule has 1 saturated carbocycles. The Morgan fingerprint density at radius 3 is 2.94 bits per heavy atom. The Hall–Kier alpha value is -1.07. The van der Waals surface area contributed by atoms with Crippen LogP contribution >= 0.6 is 11.6 Å². The predicted molar refractivity (Wildman–Crippen MR) is 66.4 cm³/mol. The van der Waals surface area contributed by atoms with E-state index >= 15 is 0 Å². The molecule has 0 atom stereocenters. The van der Waals surface area contributed by atoms with Crippen molar-refractivity contribution in [2.75, 3.05) is 11.9 Å². The Morgan fingerprint density at radius 2 is 2.35 bits per heavy atom. The highest BCUT2D eigenvalue weighted by molar-refractivity contribution is 6.32. The molecule has 2 rings (SSSR count). The summed E-state index contributed by atoms with van der Waals surface area (Å²) in [6.07, 6.45) is 3.03. The first-order valence-electron chi connectivity index (χ1n) is 5.79. The molecule has 0 spiro atoms. The monoisotopic (exact) mass is 257 g/mol. The third kappa shape index (κ3) is 2.61. The van der Waals surface area contributed by atoms with E-state index < -0.39 is 0 Å². The molecule has 1 aliphatic rings. The summed E-state index contributed by atoms with van der Waals surface area (Å²) in [7, 11) is 0. The maximum Gasteiger partial charge on any atom is 0.287 e. The average Bonchev–Trinajstić information content (AvgIpc) is 2.28. The molecule has 1 aliphatic carbocycles. The van der Waals surface area contributed by atoms with Crippen molar-refractivity contribution in [2.24, 2.45) is 5.92 Å². The molecule has 94 valence electrons. The van der Waals surface area contributed by atoms with Crippen LogP contribution in [0.4, 0.5) is 5.69 Å². The van der Waals surface area contributed by atoms with Gasteiger partial charge in [0, 0.05) is 13.1 Å². The molecule has 0 amide bonds. The second kappa shape index (κ2) is 5.06. The number of halogens is 1. The van der Waals surface area contributed by atoms with Crippen molar-refractivity contribution in [2.45, 2.75) is 32.4 Å². The maximum absolute atomic E-state index is 11.7. The molecule has 0 bridgehead atoms. The number of nitrogens with one attached hydrogen (secondary N) is 1. The van der Waals surface area contributed by atoms with Crippen LogP contribution < -0.4 is 10.9 Å². The molecule has 1 aromatic heterocycles. The first-order chi connectivity index (χ1) is 8.11. The molecule has 17 heavy (non-hydrogen) atoms. The van der Waals surface area contributed by atoms with Gasteiger partial charge in [0.15, 0.2) is 0 Å². The van der Waals surface area contributed by atoms with E-state index in [1.807, 2.05) is 6.92 Å². The molecule has 0 unspecified atom stereocenters. The van der Waals surface area contributed by atoms with E-state index in [9.17, 15) is 4.79 Å². The van der Waals surface area contributed by atoms with Crippen LogP contribution in [0.1, 0.15) is 19.8 Å². The quantitative estimate of drug-likeness (QED) is 0.848. The standard InChI is InChI=1S/C11H16ClN3O2/c1-2-15-11(17)10(12)9(6-14-15)13-5-7-3-8(16)4-7/h6-8,13,16H,2-5H2,1H3. The fourth-order valence-corrected chi connectivity index (χ4v) is 2.15. The van der Waals surface area contributed by atoms with Crippen LogP contribution in [0.5, 0.6) is 0 Å². The lowest BCUT2D eigenvalue weighted by Crippen LogP contribution is -2.33. The molecule has 0 saturated heterocycles. The largest absolute Gasteiger partial charge is 0.393 e. The van der Waals surface area contributed by atoms with Crippen LogP contribution in [0.15, 0.2) is 11.0 Å². The van der Waals surface area contributed by atoms with Gasteiger partial charge in [-0.3, -0.25) is 4.79 Å². The summed E-state index contributed by atoms with van der Waals surface area (Å²) in [6, 6.07) is 0. The van der Waals surface area contributed by atoms with E-state index in [2.05, 4.69) is 10.4 Å². The lowest BCUT2D eigenvalue weighted by atomic mass is 9.82. The number of anilines is 1. The van der Waals surface area contributed by atoms with Gasteiger partial charge in [-0.25, -0.2) is 4.68 Å². The average molecular weight is 258 g/mol. The predicted octanol–water partition coefficient (Wildman–Crippen LogP) is 1.10. The number of nitrogens with zero attached hydrogens (tertiary/aromatic N) is 2. The second-order valence-electron chi connectivity index (χ2n) is 4.37. The van der Waals surface area contributed by atoms with Crippen molar-refractivity contribution < 1.29 is 5.11 Å².